The number of benzene rings is 4. The summed E-state index contributed by atoms with van der Waals surface area (Å²) in [5, 5.41) is 0. The molecule has 0 saturated heterocycles. The third-order valence-electron chi connectivity index (χ3n) is 9.42. The first-order valence-corrected chi connectivity index (χ1v) is 16.5. The van der Waals surface area contributed by atoms with Crippen molar-refractivity contribution in [1.29, 1.82) is 0 Å². The number of methoxy groups -OCH3 is 4. The van der Waals surface area contributed by atoms with Gasteiger partial charge in [0.1, 0.15) is 0 Å². The zero-order chi connectivity index (χ0) is 34.2. The van der Waals surface area contributed by atoms with Gasteiger partial charge in [-0.15, -0.1) is 0 Å². The Balaban J connectivity index is 1.65. The van der Waals surface area contributed by atoms with Gasteiger partial charge in [-0.1, -0.05) is 66.7 Å². The molecular formula is C40H46N2O6. The lowest BCUT2D eigenvalue weighted by Gasteiger charge is -2.32. The number of rotatable bonds is 14. The van der Waals surface area contributed by atoms with Gasteiger partial charge in [0.05, 0.1) is 34.4 Å². The molecule has 4 aromatic rings. The summed E-state index contributed by atoms with van der Waals surface area (Å²) in [7, 11) is 6.42. The smallest absolute Gasteiger partial charge is 0.227 e. The SMILES string of the molecule is CCN(Cc1ccccc1)C(=O)CC1c2cc(OC)c(OC)cc2C(c2ccc(OC)c(OC)c2)C1C(=O)N(CC)Cc1ccccc1. The predicted molar refractivity (Wildman–Crippen MR) is 187 cm³/mol. The highest BCUT2D eigenvalue weighted by Gasteiger charge is 2.48. The molecule has 5 rings (SSSR count). The van der Waals surface area contributed by atoms with Gasteiger partial charge in [0, 0.05) is 44.4 Å². The van der Waals surface area contributed by atoms with Gasteiger partial charge >= 0.3 is 0 Å². The number of fused-ring (bicyclic) bond motifs is 1. The molecule has 0 fully saturated rings. The first kappa shape index (κ1) is 34.4. The Hall–Kier alpha value is -4.98. The number of ether oxygens (including phenoxy) is 4. The fourth-order valence-electron chi connectivity index (χ4n) is 6.96. The quantitative estimate of drug-likeness (QED) is 0.146. The molecule has 48 heavy (non-hydrogen) atoms. The van der Waals surface area contributed by atoms with Crippen LogP contribution in [0.15, 0.2) is 91.0 Å². The molecule has 8 nitrogen and oxygen atoms in total. The Bertz CT molecular complexity index is 1690. The van der Waals surface area contributed by atoms with Gasteiger partial charge in [0.2, 0.25) is 11.8 Å². The molecule has 3 atom stereocenters. The maximum atomic E-state index is 15.0. The van der Waals surface area contributed by atoms with Crippen LogP contribution in [-0.4, -0.2) is 63.1 Å². The van der Waals surface area contributed by atoms with E-state index in [9.17, 15) is 4.79 Å². The van der Waals surface area contributed by atoms with Gasteiger partial charge in [-0.25, -0.2) is 0 Å². The topological polar surface area (TPSA) is 77.5 Å². The molecule has 3 unspecified atom stereocenters. The van der Waals surface area contributed by atoms with Crippen molar-refractivity contribution in [2.24, 2.45) is 5.92 Å². The number of hydrogen-bond donors (Lipinski definition) is 0. The number of amides is 2. The lowest BCUT2D eigenvalue weighted by Crippen LogP contribution is -2.40. The zero-order valence-electron chi connectivity index (χ0n) is 28.8. The summed E-state index contributed by atoms with van der Waals surface area (Å²) in [5.41, 5.74) is 4.83. The van der Waals surface area contributed by atoms with E-state index < -0.39 is 11.8 Å². The lowest BCUT2D eigenvalue weighted by molar-refractivity contribution is -0.138. The molecule has 0 aliphatic heterocycles. The first-order chi connectivity index (χ1) is 23.4. The van der Waals surface area contributed by atoms with Crippen LogP contribution in [0, 0.1) is 5.92 Å². The van der Waals surface area contributed by atoms with Crippen LogP contribution in [0.3, 0.4) is 0 Å². The molecule has 1 aliphatic rings. The average Bonchev–Trinajstić information content (AvgIpc) is 3.44. The van der Waals surface area contributed by atoms with Gasteiger partial charge in [-0.05, 0) is 65.9 Å². The molecule has 0 spiro atoms. The van der Waals surface area contributed by atoms with Crippen LogP contribution in [0.5, 0.6) is 23.0 Å². The van der Waals surface area contributed by atoms with Gasteiger partial charge in [-0.2, -0.15) is 0 Å². The minimum atomic E-state index is -0.585. The Morgan fingerprint density at radius 2 is 1.10 bits per heavy atom. The van der Waals surface area contributed by atoms with E-state index in [0.717, 1.165) is 27.8 Å². The van der Waals surface area contributed by atoms with E-state index in [4.69, 9.17) is 18.9 Å². The molecule has 1 aliphatic carbocycles. The van der Waals surface area contributed by atoms with Gasteiger partial charge in [0.15, 0.2) is 23.0 Å². The van der Waals surface area contributed by atoms with Crippen molar-refractivity contribution >= 4 is 11.8 Å². The molecule has 8 heteroatoms. The highest BCUT2D eigenvalue weighted by molar-refractivity contribution is 5.86. The number of carbonyl (C=O) groups is 2. The normalized spacial score (nSPS) is 16.5. The summed E-state index contributed by atoms with van der Waals surface area (Å²) in [5.74, 6) is 0.865. The molecule has 0 heterocycles. The summed E-state index contributed by atoms with van der Waals surface area (Å²) in [6.45, 7) is 6.01. The average molecular weight is 651 g/mol. The standard InChI is InChI=1S/C40H46N2O6/c1-7-41(25-27-15-11-9-12-16-27)37(43)24-32-30-22-35(47-5)36(48-6)23-31(30)38(29-19-20-33(45-3)34(21-29)46-4)39(32)40(44)42(8-2)26-28-17-13-10-14-18-28/h9-23,32,38-39H,7-8,24-26H2,1-6H3. The maximum Gasteiger partial charge on any atom is 0.227 e. The molecule has 0 aromatic heterocycles. The van der Waals surface area contributed by atoms with E-state index in [-0.39, 0.29) is 24.2 Å². The Kier molecular flexibility index (Phi) is 11.3. The summed E-state index contributed by atoms with van der Waals surface area (Å²) in [6.07, 6.45) is 0.159. The highest BCUT2D eigenvalue weighted by atomic mass is 16.5. The second-order valence-electron chi connectivity index (χ2n) is 12.0. The van der Waals surface area contributed by atoms with E-state index in [2.05, 4.69) is 0 Å². The van der Waals surface area contributed by atoms with Crippen molar-refractivity contribution in [3.05, 3.63) is 119 Å². The minimum absolute atomic E-state index is 0.0102. The highest BCUT2D eigenvalue weighted by Crippen LogP contribution is 2.55. The lowest BCUT2D eigenvalue weighted by atomic mass is 9.79. The molecule has 2 amide bonds. The number of nitrogens with zero attached hydrogens (tertiary/aromatic N) is 2. The van der Waals surface area contributed by atoms with Crippen LogP contribution in [0.4, 0.5) is 0 Å². The van der Waals surface area contributed by atoms with E-state index in [1.807, 2.05) is 115 Å². The summed E-state index contributed by atoms with van der Waals surface area (Å²) in [4.78, 5) is 33.0. The monoisotopic (exact) mass is 650 g/mol. The van der Waals surface area contributed by atoms with Gasteiger partial charge < -0.3 is 28.7 Å². The predicted octanol–water partition coefficient (Wildman–Crippen LogP) is 7.05. The fraction of sp³-hybridized carbons (Fsp3) is 0.350. The van der Waals surface area contributed by atoms with Crippen LogP contribution < -0.4 is 18.9 Å². The molecular weight excluding hydrogens is 604 g/mol. The number of hydrogen-bond acceptors (Lipinski definition) is 6. The molecule has 4 aromatic carbocycles. The second kappa shape index (κ2) is 15.7. The first-order valence-electron chi connectivity index (χ1n) is 16.5. The van der Waals surface area contributed by atoms with E-state index in [1.165, 1.54) is 0 Å². The van der Waals surface area contributed by atoms with Gasteiger partial charge in [0.25, 0.3) is 0 Å². The zero-order valence-corrected chi connectivity index (χ0v) is 28.8. The van der Waals surface area contributed by atoms with Crippen molar-refractivity contribution in [1.82, 2.24) is 9.80 Å². The van der Waals surface area contributed by atoms with Crippen LogP contribution in [0.1, 0.15) is 59.9 Å². The van der Waals surface area contributed by atoms with Crippen molar-refractivity contribution in [2.75, 3.05) is 41.5 Å². The largest absolute Gasteiger partial charge is 0.493 e. The second-order valence-corrected chi connectivity index (χ2v) is 12.0. The number of carbonyl (C=O) groups excluding carboxylic acids is 2. The van der Waals surface area contributed by atoms with E-state index in [1.54, 1.807) is 28.4 Å². The Morgan fingerprint density at radius 1 is 0.604 bits per heavy atom. The Morgan fingerprint density at radius 3 is 1.62 bits per heavy atom. The van der Waals surface area contributed by atoms with Gasteiger partial charge in [-0.3, -0.25) is 9.59 Å². The van der Waals surface area contributed by atoms with E-state index >= 15 is 4.79 Å². The molecule has 0 N–H and O–H groups in total. The third-order valence-corrected chi connectivity index (χ3v) is 9.42. The molecule has 252 valence electrons. The van der Waals surface area contributed by atoms with Crippen LogP contribution in [0.2, 0.25) is 0 Å². The molecule has 0 radical (unpaired) electrons. The maximum absolute atomic E-state index is 15.0. The van der Waals surface area contributed by atoms with Crippen molar-refractivity contribution in [3.8, 4) is 23.0 Å². The molecule has 0 bridgehead atoms. The van der Waals surface area contributed by atoms with E-state index in [0.29, 0.717) is 49.2 Å². The third kappa shape index (κ3) is 7.13. The Labute approximate surface area is 284 Å². The summed E-state index contributed by atoms with van der Waals surface area (Å²) in [6, 6.07) is 29.7. The summed E-state index contributed by atoms with van der Waals surface area (Å²) >= 11 is 0. The molecule has 0 saturated carbocycles. The van der Waals surface area contributed by atoms with Crippen molar-refractivity contribution in [2.45, 2.75) is 45.2 Å². The van der Waals surface area contributed by atoms with Crippen molar-refractivity contribution in [3.63, 3.8) is 0 Å². The van der Waals surface area contributed by atoms with Crippen LogP contribution in [-0.2, 0) is 22.7 Å². The summed E-state index contributed by atoms with van der Waals surface area (Å²) < 4.78 is 22.8. The fourth-order valence-corrected chi connectivity index (χ4v) is 6.96. The van der Waals surface area contributed by atoms with Crippen LogP contribution in [0.25, 0.3) is 0 Å². The minimum Gasteiger partial charge on any atom is -0.493 e. The van der Waals surface area contributed by atoms with Crippen LogP contribution >= 0.6 is 0 Å². The van der Waals surface area contributed by atoms with Crippen molar-refractivity contribution < 1.29 is 28.5 Å².